The number of carbonyl (C=O) groups excluding carboxylic acids is 1. The van der Waals surface area contributed by atoms with E-state index in [4.69, 9.17) is 0 Å². The van der Waals surface area contributed by atoms with Gasteiger partial charge in [-0.1, -0.05) is 18.2 Å². The van der Waals surface area contributed by atoms with Crippen LogP contribution in [0.1, 0.15) is 29.3 Å². The first-order valence-corrected chi connectivity index (χ1v) is 7.42. The Bertz CT molecular complexity index is 729. The third-order valence-corrected chi connectivity index (χ3v) is 4.32. The van der Waals surface area contributed by atoms with Crippen LogP contribution in [-0.4, -0.2) is 49.7 Å². The van der Waals surface area contributed by atoms with Crippen LogP contribution in [0.25, 0.3) is 0 Å². The van der Waals surface area contributed by atoms with E-state index in [-0.39, 0.29) is 12.5 Å². The Kier molecular flexibility index (Phi) is 3.85. The summed E-state index contributed by atoms with van der Waals surface area (Å²) >= 11 is 0. The smallest absolute Gasteiger partial charge is 0.311 e. The molecule has 1 aliphatic rings. The molecule has 0 radical (unpaired) electrons. The minimum atomic E-state index is -0.865. The molecule has 23 heavy (non-hydrogen) atoms. The summed E-state index contributed by atoms with van der Waals surface area (Å²) in [5.74, 6) is -0.991. The number of rotatable bonds is 4. The van der Waals surface area contributed by atoms with E-state index in [1.54, 1.807) is 28.9 Å². The van der Waals surface area contributed by atoms with E-state index in [1.165, 1.54) is 6.33 Å². The van der Waals surface area contributed by atoms with E-state index in [2.05, 4.69) is 10.1 Å². The molecule has 1 aliphatic heterocycles. The van der Waals surface area contributed by atoms with E-state index in [0.29, 0.717) is 25.1 Å². The summed E-state index contributed by atoms with van der Waals surface area (Å²) in [6.45, 7) is 2.83. The monoisotopic (exact) mass is 314 g/mol. The number of aliphatic carboxylic acids is 1. The predicted molar refractivity (Wildman–Crippen MR) is 81.8 cm³/mol. The second-order valence-electron chi connectivity index (χ2n) is 6.09. The van der Waals surface area contributed by atoms with Gasteiger partial charge in [0, 0.05) is 18.7 Å². The number of carbonyl (C=O) groups is 2. The molecule has 0 saturated carbocycles. The summed E-state index contributed by atoms with van der Waals surface area (Å²) in [4.78, 5) is 29.7. The zero-order valence-corrected chi connectivity index (χ0v) is 12.8. The third-order valence-electron chi connectivity index (χ3n) is 4.32. The summed E-state index contributed by atoms with van der Waals surface area (Å²) in [7, 11) is 0. The van der Waals surface area contributed by atoms with Gasteiger partial charge < -0.3 is 10.0 Å². The molecule has 1 fully saturated rings. The molecule has 1 aromatic carbocycles. The molecule has 3 rings (SSSR count). The van der Waals surface area contributed by atoms with Gasteiger partial charge in [-0.15, -0.1) is 0 Å². The standard InChI is InChI=1S/C16H18N4O3/c1-16(15(22)23)6-7-19(9-16)14(21)13-5-3-2-4-12(13)8-20-11-17-10-18-20/h2-5,10-11H,6-9H2,1H3,(H,22,23)/t16-/m1/s1. The highest BCUT2D eigenvalue weighted by atomic mass is 16.4. The van der Waals surface area contributed by atoms with Crippen molar-refractivity contribution in [3.8, 4) is 0 Å². The Labute approximate surface area is 133 Å². The van der Waals surface area contributed by atoms with Gasteiger partial charge in [-0.2, -0.15) is 5.10 Å². The predicted octanol–water partition coefficient (Wildman–Crippen LogP) is 1.26. The molecular weight excluding hydrogens is 296 g/mol. The lowest BCUT2D eigenvalue weighted by Crippen LogP contribution is -2.35. The van der Waals surface area contributed by atoms with Crippen LogP contribution >= 0.6 is 0 Å². The van der Waals surface area contributed by atoms with Gasteiger partial charge in [0.05, 0.1) is 12.0 Å². The SMILES string of the molecule is C[C@@]1(C(=O)O)CCN(C(=O)c2ccccc2Cn2cncn2)C1. The minimum Gasteiger partial charge on any atom is -0.481 e. The number of nitrogens with zero attached hydrogens (tertiary/aromatic N) is 4. The summed E-state index contributed by atoms with van der Waals surface area (Å²) in [5.41, 5.74) is 0.556. The third kappa shape index (κ3) is 2.94. The van der Waals surface area contributed by atoms with E-state index >= 15 is 0 Å². The fourth-order valence-electron chi connectivity index (χ4n) is 2.84. The van der Waals surface area contributed by atoms with Crippen molar-refractivity contribution in [2.24, 2.45) is 5.41 Å². The highest BCUT2D eigenvalue weighted by Crippen LogP contribution is 2.31. The Balaban J connectivity index is 1.82. The molecule has 1 atom stereocenters. The topological polar surface area (TPSA) is 88.3 Å². The number of hydrogen-bond donors (Lipinski definition) is 1. The van der Waals surface area contributed by atoms with Crippen LogP contribution in [0.4, 0.5) is 0 Å². The number of benzene rings is 1. The number of hydrogen-bond acceptors (Lipinski definition) is 4. The number of carboxylic acid groups (broad SMARTS) is 1. The molecule has 7 heteroatoms. The lowest BCUT2D eigenvalue weighted by Gasteiger charge is -2.21. The number of carboxylic acids is 1. The van der Waals surface area contributed by atoms with Crippen LogP contribution in [0.15, 0.2) is 36.9 Å². The van der Waals surface area contributed by atoms with Crippen LogP contribution in [-0.2, 0) is 11.3 Å². The highest BCUT2D eigenvalue weighted by Gasteiger charge is 2.42. The normalized spacial score (nSPS) is 20.7. The zero-order valence-electron chi connectivity index (χ0n) is 12.8. The van der Waals surface area contributed by atoms with Crippen LogP contribution in [0.5, 0.6) is 0 Å². The second-order valence-corrected chi connectivity index (χ2v) is 6.09. The van der Waals surface area contributed by atoms with E-state index in [1.807, 2.05) is 18.2 Å². The molecule has 0 bridgehead atoms. The molecule has 1 amide bonds. The van der Waals surface area contributed by atoms with Gasteiger partial charge in [-0.3, -0.25) is 9.59 Å². The minimum absolute atomic E-state index is 0.134. The first kappa shape index (κ1) is 15.2. The fraction of sp³-hybridized carbons (Fsp3) is 0.375. The Morgan fingerprint density at radius 2 is 2.13 bits per heavy atom. The van der Waals surface area contributed by atoms with Crippen molar-refractivity contribution < 1.29 is 14.7 Å². The molecule has 0 aliphatic carbocycles. The first-order valence-electron chi connectivity index (χ1n) is 7.42. The lowest BCUT2D eigenvalue weighted by atomic mass is 9.90. The maximum atomic E-state index is 12.8. The van der Waals surface area contributed by atoms with Crippen LogP contribution in [0.3, 0.4) is 0 Å². The summed E-state index contributed by atoms with van der Waals surface area (Å²) in [6, 6.07) is 7.32. The largest absolute Gasteiger partial charge is 0.481 e. The summed E-state index contributed by atoms with van der Waals surface area (Å²) in [6.07, 6.45) is 3.52. The fourth-order valence-corrected chi connectivity index (χ4v) is 2.84. The average Bonchev–Trinajstić information content (AvgIpc) is 3.18. The number of aromatic nitrogens is 3. The number of likely N-dealkylation sites (tertiary alicyclic amines) is 1. The maximum Gasteiger partial charge on any atom is 0.311 e. The van der Waals surface area contributed by atoms with E-state index < -0.39 is 11.4 Å². The molecule has 1 N–H and O–H groups in total. The van der Waals surface area contributed by atoms with Crippen molar-refractivity contribution in [1.82, 2.24) is 19.7 Å². The molecular formula is C16H18N4O3. The van der Waals surface area contributed by atoms with E-state index in [0.717, 1.165) is 5.56 Å². The maximum absolute atomic E-state index is 12.8. The van der Waals surface area contributed by atoms with Crippen molar-refractivity contribution in [3.63, 3.8) is 0 Å². The zero-order chi connectivity index (χ0) is 16.4. The van der Waals surface area contributed by atoms with Crippen molar-refractivity contribution in [2.75, 3.05) is 13.1 Å². The molecule has 2 aromatic rings. The summed E-state index contributed by atoms with van der Waals surface area (Å²) in [5, 5.41) is 13.4. The second kappa shape index (κ2) is 5.83. The van der Waals surface area contributed by atoms with Gasteiger partial charge in [0.15, 0.2) is 0 Å². The van der Waals surface area contributed by atoms with Gasteiger partial charge in [-0.05, 0) is 25.0 Å². The van der Waals surface area contributed by atoms with Crippen molar-refractivity contribution in [2.45, 2.75) is 19.9 Å². The van der Waals surface area contributed by atoms with Crippen LogP contribution < -0.4 is 0 Å². The van der Waals surface area contributed by atoms with Crippen molar-refractivity contribution in [1.29, 1.82) is 0 Å². The van der Waals surface area contributed by atoms with Gasteiger partial charge in [-0.25, -0.2) is 9.67 Å². The molecule has 1 aromatic heterocycles. The van der Waals surface area contributed by atoms with Crippen LogP contribution in [0, 0.1) is 5.41 Å². The summed E-state index contributed by atoms with van der Waals surface area (Å²) < 4.78 is 1.65. The van der Waals surface area contributed by atoms with Gasteiger partial charge in [0.1, 0.15) is 12.7 Å². The molecule has 7 nitrogen and oxygen atoms in total. The van der Waals surface area contributed by atoms with Crippen molar-refractivity contribution >= 4 is 11.9 Å². The molecule has 1 saturated heterocycles. The van der Waals surface area contributed by atoms with Gasteiger partial charge >= 0.3 is 5.97 Å². The van der Waals surface area contributed by atoms with Crippen molar-refractivity contribution in [3.05, 3.63) is 48.0 Å². The molecule has 0 spiro atoms. The van der Waals surface area contributed by atoms with E-state index in [9.17, 15) is 14.7 Å². The average molecular weight is 314 g/mol. The van der Waals surface area contributed by atoms with Gasteiger partial charge in [0.25, 0.3) is 5.91 Å². The molecule has 2 heterocycles. The molecule has 0 unspecified atom stereocenters. The number of amides is 1. The quantitative estimate of drug-likeness (QED) is 0.918. The molecule has 120 valence electrons. The first-order chi connectivity index (χ1) is 11.0. The lowest BCUT2D eigenvalue weighted by molar-refractivity contribution is -0.147. The Morgan fingerprint density at radius 1 is 1.35 bits per heavy atom. The van der Waals surface area contributed by atoms with Crippen LogP contribution in [0.2, 0.25) is 0 Å². The highest BCUT2D eigenvalue weighted by molar-refractivity contribution is 5.96. The van der Waals surface area contributed by atoms with Gasteiger partial charge in [0.2, 0.25) is 0 Å². The Hall–Kier alpha value is -2.70. The Morgan fingerprint density at radius 3 is 2.78 bits per heavy atom.